The van der Waals surface area contributed by atoms with Crippen molar-refractivity contribution in [1.29, 1.82) is 0 Å². The predicted octanol–water partition coefficient (Wildman–Crippen LogP) is 4.04. The Morgan fingerprint density at radius 2 is 1.91 bits per heavy atom. The van der Waals surface area contributed by atoms with Gasteiger partial charge in [0.15, 0.2) is 0 Å². The van der Waals surface area contributed by atoms with Crippen LogP contribution < -0.4 is 0 Å². The third kappa shape index (κ3) is 3.68. The Labute approximate surface area is 185 Å². The predicted molar refractivity (Wildman–Crippen MR) is 121 cm³/mol. The summed E-state index contributed by atoms with van der Waals surface area (Å²) < 4.78 is 15.4. The molecule has 0 unspecified atom stereocenters. The van der Waals surface area contributed by atoms with E-state index in [1.807, 2.05) is 46.7 Å². The summed E-state index contributed by atoms with van der Waals surface area (Å²) in [5, 5.41) is 6.85. The summed E-state index contributed by atoms with van der Waals surface area (Å²) in [5.41, 5.74) is 2.74. The van der Waals surface area contributed by atoms with Crippen molar-refractivity contribution in [1.82, 2.24) is 14.5 Å². The Kier molecular flexibility index (Phi) is 5.25. The molecule has 1 saturated heterocycles. The fourth-order valence-electron chi connectivity index (χ4n) is 4.65. The van der Waals surface area contributed by atoms with Gasteiger partial charge in [0.25, 0.3) is 5.91 Å². The van der Waals surface area contributed by atoms with Gasteiger partial charge < -0.3 is 9.47 Å². The van der Waals surface area contributed by atoms with Gasteiger partial charge in [-0.25, -0.2) is 9.40 Å². The topological polar surface area (TPSA) is 57.9 Å². The maximum atomic E-state index is 13.5. The molecule has 7 heteroatoms. The van der Waals surface area contributed by atoms with E-state index in [0.29, 0.717) is 30.1 Å². The number of aromatic nitrogens is 1. The Bertz CT molecular complexity index is 1210. The lowest BCUT2D eigenvalue weighted by Gasteiger charge is -2.34. The highest BCUT2D eigenvalue weighted by molar-refractivity contribution is 6.07. The Morgan fingerprint density at radius 1 is 1.12 bits per heavy atom. The second-order valence-electron chi connectivity index (χ2n) is 8.52. The van der Waals surface area contributed by atoms with Crippen LogP contribution in [0, 0.1) is 5.82 Å². The van der Waals surface area contributed by atoms with Crippen LogP contribution in [0.15, 0.2) is 59.7 Å². The molecule has 2 amide bonds. The lowest BCUT2D eigenvalue weighted by molar-refractivity contribution is -0.135. The average molecular weight is 432 g/mol. The Balaban J connectivity index is 1.56. The van der Waals surface area contributed by atoms with Gasteiger partial charge in [-0.2, -0.15) is 5.10 Å². The van der Waals surface area contributed by atoms with Gasteiger partial charge >= 0.3 is 0 Å². The molecule has 32 heavy (non-hydrogen) atoms. The van der Waals surface area contributed by atoms with Crippen molar-refractivity contribution in [2.75, 3.05) is 13.1 Å². The molecule has 0 radical (unpaired) electrons. The largest absolute Gasteiger partial charge is 0.338 e. The molecular formula is C25H25FN4O2. The standard InChI is InChI=1S/C25H25FN4O2/c1-17-6-4-5-13-28(17)24(31)16-30-25(32)23-14-19-7-2-3-8-22(19)29(23)15-21(27-30)18-9-11-20(26)12-10-18/h2-3,7-12,14,17H,4-6,13,15-16H2,1H3/t17-/m0/s1. The molecule has 2 aliphatic heterocycles. The highest BCUT2D eigenvalue weighted by Gasteiger charge is 2.31. The zero-order valence-electron chi connectivity index (χ0n) is 18.0. The van der Waals surface area contributed by atoms with E-state index < -0.39 is 0 Å². The summed E-state index contributed by atoms with van der Waals surface area (Å²) in [5.74, 6) is -0.745. The molecule has 1 atom stereocenters. The molecule has 0 bridgehead atoms. The summed E-state index contributed by atoms with van der Waals surface area (Å²) in [6.07, 6.45) is 3.06. The summed E-state index contributed by atoms with van der Waals surface area (Å²) in [7, 11) is 0. The van der Waals surface area contributed by atoms with Gasteiger partial charge in [0.05, 0.1) is 12.3 Å². The minimum atomic E-state index is -0.336. The van der Waals surface area contributed by atoms with E-state index in [2.05, 4.69) is 5.10 Å². The van der Waals surface area contributed by atoms with Crippen LogP contribution in [0.25, 0.3) is 10.9 Å². The van der Waals surface area contributed by atoms with Crippen molar-refractivity contribution in [3.8, 4) is 0 Å². The Morgan fingerprint density at radius 3 is 2.69 bits per heavy atom. The van der Waals surface area contributed by atoms with E-state index in [-0.39, 0.29) is 30.2 Å². The number of amides is 2. The number of halogens is 1. The van der Waals surface area contributed by atoms with Crippen molar-refractivity contribution in [2.24, 2.45) is 5.10 Å². The summed E-state index contributed by atoms with van der Waals surface area (Å²) in [4.78, 5) is 28.5. The van der Waals surface area contributed by atoms with Crippen LogP contribution in [0.5, 0.6) is 0 Å². The Hall–Kier alpha value is -3.48. The number of rotatable bonds is 3. The van der Waals surface area contributed by atoms with Crippen LogP contribution in [0.2, 0.25) is 0 Å². The lowest BCUT2D eigenvalue weighted by atomic mass is 10.0. The quantitative estimate of drug-likeness (QED) is 0.627. The third-order valence-electron chi connectivity index (χ3n) is 6.40. The van der Waals surface area contributed by atoms with E-state index >= 15 is 0 Å². The number of para-hydroxylation sites is 1. The SMILES string of the molecule is C[C@H]1CCCCN1C(=O)CN1N=C(c2ccc(F)cc2)Cn2c(cc3ccccc32)C1=O. The highest BCUT2D eigenvalue weighted by Crippen LogP contribution is 2.25. The molecular weight excluding hydrogens is 407 g/mol. The minimum absolute atomic E-state index is 0.0997. The van der Waals surface area contributed by atoms with Crippen LogP contribution >= 0.6 is 0 Å². The van der Waals surface area contributed by atoms with E-state index in [9.17, 15) is 14.0 Å². The normalized spacial score (nSPS) is 19.0. The molecule has 1 aromatic heterocycles. The van der Waals surface area contributed by atoms with Crippen molar-refractivity contribution in [2.45, 2.75) is 38.8 Å². The average Bonchev–Trinajstić information content (AvgIpc) is 3.10. The first-order chi connectivity index (χ1) is 15.5. The second kappa shape index (κ2) is 8.22. The number of piperidine rings is 1. The van der Waals surface area contributed by atoms with Crippen LogP contribution in [0.1, 0.15) is 42.2 Å². The van der Waals surface area contributed by atoms with E-state index in [1.165, 1.54) is 17.1 Å². The zero-order chi connectivity index (χ0) is 22.2. The molecule has 0 aliphatic carbocycles. The van der Waals surface area contributed by atoms with Crippen molar-refractivity contribution < 1.29 is 14.0 Å². The number of nitrogens with zero attached hydrogens (tertiary/aromatic N) is 4. The van der Waals surface area contributed by atoms with E-state index in [0.717, 1.165) is 30.2 Å². The molecule has 3 aromatic rings. The van der Waals surface area contributed by atoms with Crippen molar-refractivity contribution >= 4 is 28.4 Å². The number of hydrogen-bond donors (Lipinski definition) is 0. The fourth-order valence-corrected chi connectivity index (χ4v) is 4.65. The zero-order valence-corrected chi connectivity index (χ0v) is 18.0. The fraction of sp³-hybridized carbons (Fsp3) is 0.320. The molecule has 6 nitrogen and oxygen atoms in total. The van der Waals surface area contributed by atoms with Gasteiger partial charge in [0.2, 0.25) is 5.91 Å². The maximum absolute atomic E-state index is 13.5. The van der Waals surface area contributed by atoms with Gasteiger partial charge in [-0.3, -0.25) is 9.59 Å². The smallest absolute Gasteiger partial charge is 0.291 e. The van der Waals surface area contributed by atoms with Gasteiger partial charge in [0.1, 0.15) is 18.1 Å². The second-order valence-corrected chi connectivity index (χ2v) is 8.52. The highest BCUT2D eigenvalue weighted by atomic mass is 19.1. The maximum Gasteiger partial charge on any atom is 0.291 e. The number of hydrazone groups is 1. The first-order valence-electron chi connectivity index (χ1n) is 11.0. The number of carbonyl (C=O) groups excluding carboxylic acids is 2. The summed E-state index contributed by atoms with van der Waals surface area (Å²) >= 11 is 0. The molecule has 5 rings (SSSR count). The number of hydrogen-bond acceptors (Lipinski definition) is 3. The van der Waals surface area contributed by atoms with Crippen LogP contribution in [-0.2, 0) is 11.3 Å². The molecule has 164 valence electrons. The molecule has 0 N–H and O–H groups in total. The van der Waals surface area contributed by atoms with Gasteiger partial charge in [-0.15, -0.1) is 0 Å². The van der Waals surface area contributed by atoms with Gasteiger partial charge in [0, 0.05) is 23.5 Å². The number of fused-ring (bicyclic) bond motifs is 3. The van der Waals surface area contributed by atoms with E-state index in [1.54, 1.807) is 12.1 Å². The molecule has 0 spiro atoms. The van der Waals surface area contributed by atoms with Crippen LogP contribution in [0.3, 0.4) is 0 Å². The summed E-state index contributed by atoms with van der Waals surface area (Å²) in [6, 6.07) is 15.9. The first-order valence-corrected chi connectivity index (χ1v) is 11.0. The number of likely N-dealkylation sites (tertiary alicyclic amines) is 1. The lowest BCUT2D eigenvalue weighted by Crippen LogP contribution is -2.47. The molecule has 2 aliphatic rings. The monoisotopic (exact) mass is 432 g/mol. The summed E-state index contributed by atoms with van der Waals surface area (Å²) in [6.45, 7) is 2.99. The third-order valence-corrected chi connectivity index (χ3v) is 6.40. The first kappa shape index (κ1) is 20.4. The van der Waals surface area contributed by atoms with Crippen molar-refractivity contribution in [3.05, 3.63) is 71.7 Å². The minimum Gasteiger partial charge on any atom is -0.338 e. The molecule has 1 fully saturated rings. The molecule has 0 saturated carbocycles. The number of benzene rings is 2. The van der Waals surface area contributed by atoms with Gasteiger partial charge in [-0.1, -0.05) is 30.3 Å². The molecule has 3 heterocycles. The number of carbonyl (C=O) groups is 2. The van der Waals surface area contributed by atoms with Crippen LogP contribution in [-0.4, -0.2) is 51.1 Å². The van der Waals surface area contributed by atoms with Crippen molar-refractivity contribution in [3.63, 3.8) is 0 Å². The molecule has 2 aromatic carbocycles. The van der Waals surface area contributed by atoms with Gasteiger partial charge in [-0.05, 0) is 56.0 Å². The van der Waals surface area contributed by atoms with Crippen LogP contribution in [0.4, 0.5) is 4.39 Å². The van der Waals surface area contributed by atoms with E-state index in [4.69, 9.17) is 0 Å².